The summed E-state index contributed by atoms with van der Waals surface area (Å²) in [6.45, 7) is 2.06. The second-order valence-corrected chi connectivity index (χ2v) is 13.5. The van der Waals surface area contributed by atoms with Crippen molar-refractivity contribution in [2.24, 2.45) is 7.05 Å². The van der Waals surface area contributed by atoms with Crippen LogP contribution in [0.3, 0.4) is 0 Å². The number of hydrogen-bond donors (Lipinski definition) is 1. The molecule has 1 N–H and O–H groups in total. The van der Waals surface area contributed by atoms with E-state index in [0.717, 1.165) is 52.9 Å². The molecular formula is C26H29N5O5S2. The molecule has 2 fully saturated rings. The van der Waals surface area contributed by atoms with Gasteiger partial charge in [-0.15, -0.1) is 11.3 Å². The summed E-state index contributed by atoms with van der Waals surface area (Å²) in [7, 11) is -2.08. The van der Waals surface area contributed by atoms with Gasteiger partial charge in [0.15, 0.2) is 0 Å². The number of rotatable bonds is 9. The molecule has 200 valence electrons. The summed E-state index contributed by atoms with van der Waals surface area (Å²) in [5.41, 5.74) is 0.0426. The Balaban J connectivity index is 1.42. The zero-order valence-corrected chi connectivity index (χ0v) is 22.8. The molecule has 38 heavy (non-hydrogen) atoms. The fourth-order valence-corrected chi connectivity index (χ4v) is 7.43. The topological polar surface area (TPSA) is 117 Å². The van der Waals surface area contributed by atoms with Gasteiger partial charge in [-0.3, -0.25) is 18.6 Å². The van der Waals surface area contributed by atoms with Crippen LogP contribution in [-0.2, 0) is 30.2 Å². The molecule has 2 aliphatic carbocycles. The number of nitrogens with one attached hydrogen (secondary N) is 1. The van der Waals surface area contributed by atoms with E-state index in [1.165, 1.54) is 17.1 Å². The molecule has 0 radical (unpaired) electrons. The standard InChI is InChI=1S/C26H29N5O5S2/c1-26(10-11-26)28-38(34,35)22-12-21-23(32)30(16-18-13-27-29(2)14-18)25(33)31(24(21)37-22)15-17-6-8-20(9-7-17)36-19-4-3-5-19/h6-9,12-14,19,28H,3-5,10-11,15-16H2,1-2H3. The number of ether oxygens (including phenoxy) is 1. The van der Waals surface area contributed by atoms with Crippen LogP contribution in [0, 0.1) is 0 Å². The van der Waals surface area contributed by atoms with Crippen LogP contribution in [0.5, 0.6) is 5.75 Å². The van der Waals surface area contributed by atoms with Gasteiger partial charge in [0.1, 0.15) is 14.8 Å². The van der Waals surface area contributed by atoms with Crippen molar-refractivity contribution in [1.82, 2.24) is 23.6 Å². The van der Waals surface area contributed by atoms with Gasteiger partial charge in [0.25, 0.3) is 15.6 Å². The van der Waals surface area contributed by atoms with Crippen molar-refractivity contribution >= 4 is 31.6 Å². The fraction of sp³-hybridized carbons (Fsp3) is 0.423. The maximum absolute atomic E-state index is 13.7. The number of aryl methyl sites for hydroxylation is 1. The van der Waals surface area contributed by atoms with Gasteiger partial charge in [0, 0.05) is 24.3 Å². The van der Waals surface area contributed by atoms with E-state index < -0.39 is 26.8 Å². The molecule has 0 bridgehead atoms. The third-order valence-corrected chi connectivity index (χ3v) is 10.5. The molecule has 6 rings (SSSR count). The Morgan fingerprint density at radius 1 is 1.11 bits per heavy atom. The zero-order chi connectivity index (χ0) is 26.7. The van der Waals surface area contributed by atoms with Crippen molar-refractivity contribution in [2.75, 3.05) is 0 Å². The number of nitrogens with zero attached hydrogens (tertiary/aromatic N) is 4. The zero-order valence-electron chi connectivity index (χ0n) is 21.2. The highest BCUT2D eigenvalue weighted by Crippen LogP contribution is 2.37. The van der Waals surface area contributed by atoms with Crippen LogP contribution in [0.25, 0.3) is 10.2 Å². The van der Waals surface area contributed by atoms with Gasteiger partial charge < -0.3 is 4.74 Å². The summed E-state index contributed by atoms with van der Waals surface area (Å²) in [6.07, 6.45) is 8.44. The molecule has 1 aromatic carbocycles. The first-order valence-electron chi connectivity index (χ1n) is 12.6. The number of benzene rings is 1. The first kappa shape index (κ1) is 25.1. The van der Waals surface area contributed by atoms with Crippen LogP contribution >= 0.6 is 11.3 Å². The molecule has 10 nitrogen and oxygen atoms in total. The van der Waals surface area contributed by atoms with Crippen molar-refractivity contribution in [1.29, 1.82) is 0 Å². The van der Waals surface area contributed by atoms with Gasteiger partial charge in [-0.05, 0) is 62.8 Å². The van der Waals surface area contributed by atoms with E-state index in [4.69, 9.17) is 4.74 Å². The molecule has 4 aromatic rings. The lowest BCUT2D eigenvalue weighted by Crippen LogP contribution is -2.40. The lowest BCUT2D eigenvalue weighted by molar-refractivity contribution is 0.120. The molecule has 0 unspecified atom stereocenters. The number of aromatic nitrogens is 4. The average molecular weight is 556 g/mol. The van der Waals surface area contributed by atoms with E-state index in [0.29, 0.717) is 10.4 Å². The SMILES string of the molecule is Cn1cc(Cn2c(=O)c3cc(S(=O)(=O)NC4(C)CC4)sc3n(Cc3ccc(OC4CCC4)cc3)c2=O)cn1. The van der Waals surface area contributed by atoms with Gasteiger partial charge in [-0.1, -0.05) is 12.1 Å². The van der Waals surface area contributed by atoms with E-state index >= 15 is 0 Å². The molecular weight excluding hydrogens is 526 g/mol. The van der Waals surface area contributed by atoms with Crippen LogP contribution in [0.1, 0.15) is 50.2 Å². The van der Waals surface area contributed by atoms with Crippen LogP contribution in [-0.4, -0.2) is 39.0 Å². The van der Waals surface area contributed by atoms with Gasteiger partial charge in [0.05, 0.1) is 30.8 Å². The van der Waals surface area contributed by atoms with E-state index in [1.54, 1.807) is 24.1 Å². The molecule has 3 heterocycles. The van der Waals surface area contributed by atoms with Crippen molar-refractivity contribution in [3.63, 3.8) is 0 Å². The maximum atomic E-state index is 13.7. The summed E-state index contributed by atoms with van der Waals surface area (Å²) in [6, 6.07) is 8.94. The predicted molar refractivity (Wildman–Crippen MR) is 144 cm³/mol. The number of thiophene rings is 1. The molecule has 0 atom stereocenters. The Morgan fingerprint density at radius 3 is 2.42 bits per heavy atom. The molecule has 0 amide bonds. The highest BCUT2D eigenvalue weighted by Gasteiger charge is 2.41. The molecule has 2 saturated carbocycles. The normalized spacial score (nSPS) is 17.0. The van der Waals surface area contributed by atoms with Crippen molar-refractivity contribution in [3.05, 3.63) is 74.7 Å². The Hall–Kier alpha value is -3.22. The summed E-state index contributed by atoms with van der Waals surface area (Å²) >= 11 is 0.946. The minimum Gasteiger partial charge on any atom is -0.490 e. The van der Waals surface area contributed by atoms with Crippen molar-refractivity contribution < 1.29 is 13.2 Å². The lowest BCUT2D eigenvalue weighted by Gasteiger charge is -2.26. The summed E-state index contributed by atoms with van der Waals surface area (Å²) < 4.78 is 39.2. The van der Waals surface area contributed by atoms with Gasteiger partial charge in [-0.25, -0.2) is 17.9 Å². The Labute approximate surface area is 223 Å². The van der Waals surface area contributed by atoms with Crippen LogP contribution < -0.4 is 20.7 Å². The summed E-state index contributed by atoms with van der Waals surface area (Å²) in [5, 5.41) is 4.33. The largest absolute Gasteiger partial charge is 0.490 e. The highest BCUT2D eigenvalue weighted by atomic mass is 32.2. The number of hydrogen-bond acceptors (Lipinski definition) is 7. The lowest BCUT2D eigenvalue weighted by atomic mass is 9.96. The van der Waals surface area contributed by atoms with Crippen molar-refractivity contribution in [3.8, 4) is 5.75 Å². The second kappa shape index (κ2) is 9.21. The van der Waals surface area contributed by atoms with Crippen LogP contribution in [0.15, 0.2) is 56.5 Å². The average Bonchev–Trinajstić information content (AvgIpc) is 3.21. The molecule has 3 aromatic heterocycles. The third-order valence-electron chi connectivity index (χ3n) is 7.24. The molecule has 0 spiro atoms. The van der Waals surface area contributed by atoms with Gasteiger partial charge in [-0.2, -0.15) is 5.10 Å². The summed E-state index contributed by atoms with van der Waals surface area (Å²) in [5.74, 6) is 0.779. The van der Waals surface area contributed by atoms with Gasteiger partial charge >= 0.3 is 5.69 Å². The predicted octanol–water partition coefficient (Wildman–Crippen LogP) is 2.82. The third kappa shape index (κ3) is 4.83. The fourth-order valence-electron chi connectivity index (χ4n) is 4.53. The Bertz CT molecular complexity index is 1740. The van der Waals surface area contributed by atoms with Crippen molar-refractivity contribution in [2.45, 2.75) is 68.0 Å². The smallest absolute Gasteiger partial charge is 0.332 e. The first-order valence-corrected chi connectivity index (χ1v) is 14.9. The summed E-state index contributed by atoms with van der Waals surface area (Å²) in [4.78, 5) is 27.5. The van der Waals surface area contributed by atoms with E-state index in [-0.39, 0.29) is 28.8 Å². The Morgan fingerprint density at radius 2 is 1.82 bits per heavy atom. The molecule has 2 aliphatic rings. The molecule has 12 heteroatoms. The first-order chi connectivity index (χ1) is 18.1. The van der Waals surface area contributed by atoms with E-state index in [1.807, 2.05) is 31.2 Å². The molecule has 0 aliphatic heterocycles. The molecule has 0 saturated heterocycles. The minimum atomic E-state index is -3.84. The van der Waals surface area contributed by atoms with E-state index in [2.05, 4.69) is 9.82 Å². The van der Waals surface area contributed by atoms with Crippen LogP contribution in [0.2, 0.25) is 0 Å². The minimum absolute atomic E-state index is 0.0225. The number of fused-ring (bicyclic) bond motifs is 1. The number of sulfonamides is 1. The van der Waals surface area contributed by atoms with Crippen LogP contribution in [0.4, 0.5) is 0 Å². The van der Waals surface area contributed by atoms with E-state index in [9.17, 15) is 18.0 Å². The maximum Gasteiger partial charge on any atom is 0.332 e. The monoisotopic (exact) mass is 555 g/mol. The quantitative estimate of drug-likeness (QED) is 0.340. The second-order valence-electron chi connectivity index (χ2n) is 10.5. The highest BCUT2D eigenvalue weighted by molar-refractivity contribution is 7.91. The van der Waals surface area contributed by atoms with Gasteiger partial charge in [0.2, 0.25) is 0 Å². The Kier molecular flexibility index (Phi) is 6.08.